The molecule has 3 heteroatoms. The molecular formula is C16H27N3. The molecule has 0 aliphatic heterocycles. The van der Waals surface area contributed by atoms with Crippen LogP contribution in [-0.2, 0) is 0 Å². The van der Waals surface area contributed by atoms with E-state index in [1.165, 1.54) is 24.1 Å². The minimum absolute atomic E-state index is 0.157. The Hall–Kier alpha value is -1.09. The van der Waals surface area contributed by atoms with Crippen LogP contribution >= 0.6 is 0 Å². The van der Waals surface area contributed by atoms with Gasteiger partial charge in [0, 0.05) is 18.1 Å². The third-order valence-corrected chi connectivity index (χ3v) is 3.53. The van der Waals surface area contributed by atoms with Gasteiger partial charge in [-0.25, -0.2) is 4.98 Å². The summed E-state index contributed by atoms with van der Waals surface area (Å²) in [6, 6.07) is 0.692. The minimum atomic E-state index is 0.157. The molecule has 1 aromatic rings. The standard InChI is InChI=1S/C16H27N3/c1-12(2)13(9-18-16(3,4)5)8-15-10-17-11-19(15)14-6-7-14/h8,10-12,14,18H,6-7,9H2,1-5H3. The molecule has 1 N–H and O–H groups in total. The molecule has 3 nitrogen and oxygen atoms in total. The maximum absolute atomic E-state index is 4.30. The van der Waals surface area contributed by atoms with Gasteiger partial charge in [-0.15, -0.1) is 0 Å². The van der Waals surface area contributed by atoms with E-state index in [2.05, 4.69) is 55.6 Å². The van der Waals surface area contributed by atoms with Crippen LogP contribution in [0.4, 0.5) is 0 Å². The van der Waals surface area contributed by atoms with E-state index in [-0.39, 0.29) is 5.54 Å². The average Bonchev–Trinajstić information content (AvgIpc) is 3.03. The lowest BCUT2D eigenvalue weighted by Gasteiger charge is -2.23. The Morgan fingerprint density at radius 2 is 2.16 bits per heavy atom. The van der Waals surface area contributed by atoms with Crippen LogP contribution in [-0.4, -0.2) is 21.6 Å². The lowest BCUT2D eigenvalue weighted by atomic mass is 10.00. The third kappa shape index (κ3) is 4.20. The quantitative estimate of drug-likeness (QED) is 0.877. The van der Waals surface area contributed by atoms with Crippen LogP contribution in [0.15, 0.2) is 18.1 Å². The number of nitrogens with zero attached hydrogens (tertiary/aromatic N) is 2. The Bertz CT molecular complexity index is 445. The highest BCUT2D eigenvalue weighted by Gasteiger charge is 2.24. The molecule has 0 aromatic carbocycles. The molecule has 2 rings (SSSR count). The zero-order valence-electron chi connectivity index (χ0n) is 12.9. The maximum atomic E-state index is 4.30. The second-order valence-corrected chi connectivity index (χ2v) is 6.93. The molecule has 1 fully saturated rings. The Morgan fingerprint density at radius 1 is 1.47 bits per heavy atom. The number of aromatic nitrogens is 2. The molecule has 0 atom stereocenters. The predicted octanol–water partition coefficient (Wildman–Crippen LogP) is 3.65. The topological polar surface area (TPSA) is 29.9 Å². The van der Waals surface area contributed by atoms with Gasteiger partial charge in [-0.3, -0.25) is 0 Å². The number of nitrogens with one attached hydrogen (secondary N) is 1. The van der Waals surface area contributed by atoms with Gasteiger partial charge < -0.3 is 9.88 Å². The molecule has 1 aliphatic rings. The third-order valence-electron chi connectivity index (χ3n) is 3.53. The highest BCUT2D eigenvalue weighted by molar-refractivity contribution is 5.50. The van der Waals surface area contributed by atoms with E-state index in [0.29, 0.717) is 12.0 Å². The van der Waals surface area contributed by atoms with E-state index in [1.54, 1.807) is 0 Å². The molecule has 0 bridgehead atoms. The first-order valence-electron chi connectivity index (χ1n) is 7.34. The van der Waals surface area contributed by atoms with Gasteiger partial charge in [-0.1, -0.05) is 19.4 Å². The van der Waals surface area contributed by atoms with Gasteiger partial charge in [0.25, 0.3) is 0 Å². The lowest BCUT2D eigenvalue weighted by molar-refractivity contribution is 0.437. The van der Waals surface area contributed by atoms with E-state index in [1.807, 2.05) is 12.5 Å². The van der Waals surface area contributed by atoms with Crippen molar-refractivity contribution in [3.05, 3.63) is 23.8 Å². The Balaban J connectivity index is 2.13. The van der Waals surface area contributed by atoms with Gasteiger partial charge in [0.1, 0.15) is 0 Å². The molecule has 1 aliphatic carbocycles. The molecular weight excluding hydrogens is 234 g/mol. The fourth-order valence-electron chi connectivity index (χ4n) is 2.06. The summed E-state index contributed by atoms with van der Waals surface area (Å²) in [6.07, 6.45) is 8.87. The van der Waals surface area contributed by atoms with Gasteiger partial charge >= 0.3 is 0 Å². The summed E-state index contributed by atoms with van der Waals surface area (Å²) < 4.78 is 2.32. The molecule has 0 saturated heterocycles. The maximum Gasteiger partial charge on any atom is 0.0953 e. The van der Waals surface area contributed by atoms with Gasteiger partial charge in [0.2, 0.25) is 0 Å². The van der Waals surface area contributed by atoms with Crippen molar-refractivity contribution in [2.24, 2.45) is 5.92 Å². The van der Waals surface area contributed by atoms with Crippen LogP contribution in [0.5, 0.6) is 0 Å². The van der Waals surface area contributed by atoms with Crippen molar-refractivity contribution >= 4 is 6.08 Å². The van der Waals surface area contributed by atoms with Crippen molar-refractivity contribution in [2.75, 3.05) is 6.54 Å². The summed E-state index contributed by atoms with van der Waals surface area (Å²) >= 11 is 0. The second kappa shape index (κ2) is 5.49. The van der Waals surface area contributed by atoms with Crippen molar-refractivity contribution in [2.45, 2.75) is 59.0 Å². The molecule has 0 amide bonds. The summed E-state index contributed by atoms with van der Waals surface area (Å²) in [4.78, 5) is 4.30. The first-order valence-corrected chi connectivity index (χ1v) is 7.34. The molecule has 0 spiro atoms. The zero-order valence-corrected chi connectivity index (χ0v) is 12.9. The van der Waals surface area contributed by atoms with Crippen LogP contribution in [0, 0.1) is 5.92 Å². The monoisotopic (exact) mass is 261 g/mol. The summed E-state index contributed by atoms with van der Waals surface area (Å²) in [6.45, 7) is 12.1. The lowest BCUT2D eigenvalue weighted by Crippen LogP contribution is -2.37. The van der Waals surface area contributed by atoms with E-state index in [4.69, 9.17) is 0 Å². The Labute approximate surface area is 117 Å². The van der Waals surface area contributed by atoms with Crippen LogP contribution in [0.2, 0.25) is 0 Å². The molecule has 0 unspecified atom stereocenters. The van der Waals surface area contributed by atoms with Crippen LogP contribution in [0.25, 0.3) is 6.08 Å². The first kappa shape index (κ1) is 14.3. The molecule has 1 aromatic heterocycles. The summed E-state index contributed by atoms with van der Waals surface area (Å²) in [7, 11) is 0. The van der Waals surface area contributed by atoms with E-state index < -0.39 is 0 Å². The van der Waals surface area contributed by atoms with Gasteiger partial charge in [-0.05, 0) is 45.6 Å². The predicted molar refractivity (Wildman–Crippen MR) is 81.1 cm³/mol. The van der Waals surface area contributed by atoms with Crippen molar-refractivity contribution in [1.29, 1.82) is 0 Å². The molecule has 19 heavy (non-hydrogen) atoms. The smallest absolute Gasteiger partial charge is 0.0953 e. The van der Waals surface area contributed by atoms with E-state index in [0.717, 1.165) is 6.54 Å². The summed E-state index contributed by atoms with van der Waals surface area (Å²) in [5.41, 5.74) is 2.85. The number of rotatable bonds is 5. The SMILES string of the molecule is CC(C)C(=Cc1cncn1C1CC1)CNC(C)(C)C. The largest absolute Gasteiger partial charge is 0.328 e. The normalized spacial score (nSPS) is 17.3. The number of hydrogen-bond acceptors (Lipinski definition) is 2. The van der Waals surface area contributed by atoms with Crippen molar-refractivity contribution in [3.63, 3.8) is 0 Å². The highest BCUT2D eigenvalue weighted by Crippen LogP contribution is 2.36. The molecule has 0 radical (unpaired) electrons. The average molecular weight is 261 g/mol. The second-order valence-electron chi connectivity index (χ2n) is 6.93. The number of imidazole rings is 1. The van der Waals surface area contributed by atoms with Crippen molar-refractivity contribution < 1.29 is 0 Å². The molecule has 106 valence electrons. The summed E-state index contributed by atoms with van der Waals surface area (Å²) in [5, 5.41) is 3.58. The highest BCUT2D eigenvalue weighted by atomic mass is 15.1. The van der Waals surface area contributed by atoms with Gasteiger partial charge in [0.05, 0.1) is 18.2 Å². The van der Waals surface area contributed by atoms with Gasteiger partial charge in [0.15, 0.2) is 0 Å². The number of hydrogen-bond donors (Lipinski definition) is 1. The van der Waals surface area contributed by atoms with E-state index >= 15 is 0 Å². The van der Waals surface area contributed by atoms with E-state index in [9.17, 15) is 0 Å². The molecule has 1 saturated carbocycles. The Kier molecular flexibility index (Phi) is 4.14. The molecule has 1 heterocycles. The van der Waals surface area contributed by atoms with Crippen molar-refractivity contribution in [1.82, 2.24) is 14.9 Å². The Morgan fingerprint density at radius 3 is 2.68 bits per heavy atom. The van der Waals surface area contributed by atoms with Gasteiger partial charge in [-0.2, -0.15) is 0 Å². The van der Waals surface area contributed by atoms with Crippen LogP contribution in [0.3, 0.4) is 0 Å². The first-order chi connectivity index (χ1) is 8.87. The summed E-state index contributed by atoms with van der Waals surface area (Å²) in [5.74, 6) is 0.553. The fourth-order valence-corrected chi connectivity index (χ4v) is 2.06. The minimum Gasteiger partial charge on any atom is -0.328 e. The zero-order chi connectivity index (χ0) is 14.0. The van der Waals surface area contributed by atoms with Crippen LogP contribution < -0.4 is 5.32 Å². The fraction of sp³-hybridized carbons (Fsp3) is 0.688. The van der Waals surface area contributed by atoms with Crippen LogP contribution in [0.1, 0.15) is 59.2 Å². The van der Waals surface area contributed by atoms with Crippen molar-refractivity contribution in [3.8, 4) is 0 Å².